The number of carbonyl (C=O) groups excluding carboxylic acids is 2. The van der Waals surface area contributed by atoms with Crippen molar-refractivity contribution in [2.24, 2.45) is 0 Å². The van der Waals surface area contributed by atoms with Crippen LogP contribution < -0.4 is 5.32 Å². The summed E-state index contributed by atoms with van der Waals surface area (Å²) >= 11 is 5.91. The monoisotopic (exact) mass is 328 g/mol. The second-order valence-electron chi connectivity index (χ2n) is 5.03. The Morgan fingerprint density at radius 2 is 2.09 bits per heavy atom. The van der Waals surface area contributed by atoms with Crippen molar-refractivity contribution < 1.29 is 18.7 Å². The highest BCUT2D eigenvalue weighted by atomic mass is 35.5. The minimum atomic E-state index is -0.621. The van der Waals surface area contributed by atoms with Crippen molar-refractivity contribution in [2.75, 3.05) is 19.7 Å². The van der Waals surface area contributed by atoms with E-state index >= 15 is 0 Å². The number of carbonyl (C=O) groups is 2. The van der Waals surface area contributed by atoms with Crippen molar-refractivity contribution >= 4 is 23.6 Å². The number of rotatable bonds is 3. The Labute approximate surface area is 133 Å². The van der Waals surface area contributed by atoms with Crippen molar-refractivity contribution in [2.45, 2.75) is 25.8 Å². The summed E-state index contributed by atoms with van der Waals surface area (Å²) in [4.78, 5) is 25.3. The molecule has 1 N–H and O–H groups in total. The molecule has 1 aromatic rings. The van der Waals surface area contributed by atoms with Gasteiger partial charge in [-0.15, -0.1) is 0 Å². The number of piperidine rings is 1. The standard InChI is InChI=1S/C15H18ClFN2O3/c1-2-22-15(21)18-10-6-8-19(9-7-10)14(20)13-11(16)4-3-5-12(13)17/h3-5,10H,2,6-9H2,1H3,(H,18,21). The van der Waals surface area contributed by atoms with Crippen molar-refractivity contribution in [3.8, 4) is 0 Å². The van der Waals surface area contributed by atoms with E-state index in [1.165, 1.54) is 18.2 Å². The number of benzene rings is 1. The number of amides is 2. The molecule has 7 heteroatoms. The van der Waals surface area contributed by atoms with E-state index in [4.69, 9.17) is 16.3 Å². The number of halogens is 2. The molecule has 2 amide bonds. The van der Waals surface area contributed by atoms with Crippen LogP contribution in [0.2, 0.25) is 5.02 Å². The van der Waals surface area contributed by atoms with Crippen molar-refractivity contribution in [1.29, 1.82) is 0 Å². The summed E-state index contributed by atoms with van der Waals surface area (Å²) in [6.45, 7) is 2.91. The molecule has 0 radical (unpaired) electrons. The van der Waals surface area contributed by atoms with E-state index < -0.39 is 17.8 Å². The molecule has 0 unspecified atom stereocenters. The van der Waals surface area contributed by atoms with Crippen LogP contribution in [-0.4, -0.2) is 42.6 Å². The van der Waals surface area contributed by atoms with Gasteiger partial charge in [-0.25, -0.2) is 9.18 Å². The van der Waals surface area contributed by atoms with Gasteiger partial charge in [0, 0.05) is 19.1 Å². The average Bonchev–Trinajstić information content (AvgIpc) is 2.48. The maximum Gasteiger partial charge on any atom is 0.407 e. The fourth-order valence-corrected chi connectivity index (χ4v) is 2.67. The summed E-state index contributed by atoms with van der Waals surface area (Å²) in [7, 11) is 0. The first-order valence-corrected chi connectivity index (χ1v) is 7.57. The van der Waals surface area contributed by atoms with Gasteiger partial charge in [-0.1, -0.05) is 17.7 Å². The predicted octanol–water partition coefficient (Wildman–Crippen LogP) is 2.83. The molecule has 120 valence electrons. The highest BCUT2D eigenvalue weighted by Crippen LogP contribution is 2.22. The summed E-state index contributed by atoms with van der Waals surface area (Å²) in [6, 6.07) is 4.13. The SMILES string of the molecule is CCOC(=O)NC1CCN(C(=O)c2c(F)cccc2Cl)CC1. The number of hydrogen-bond acceptors (Lipinski definition) is 3. The third-order valence-electron chi connectivity index (χ3n) is 3.56. The first-order chi connectivity index (χ1) is 10.5. The molecule has 1 saturated heterocycles. The van der Waals surface area contributed by atoms with Crippen molar-refractivity contribution in [3.05, 3.63) is 34.6 Å². The smallest absolute Gasteiger partial charge is 0.407 e. The minimum Gasteiger partial charge on any atom is -0.450 e. The highest BCUT2D eigenvalue weighted by Gasteiger charge is 2.27. The average molecular weight is 329 g/mol. The summed E-state index contributed by atoms with van der Waals surface area (Å²) in [5.74, 6) is -1.04. The van der Waals surface area contributed by atoms with Gasteiger partial charge in [0.05, 0.1) is 17.2 Å². The van der Waals surface area contributed by atoms with E-state index in [-0.39, 0.29) is 16.6 Å². The molecular formula is C15H18ClFN2O3. The van der Waals surface area contributed by atoms with Crippen LogP contribution >= 0.6 is 11.6 Å². The Hall–Kier alpha value is -1.82. The molecule has 1 heterocycles. The lowest BCUT2D eigenvalue weighted by Gasteiger charge is -2.32. The molecule has 22 heavy (non-hydrogen) atoms. The Morgan fingerprint density at radius 3 is 2.68 bits per heavy atom. The zero-order valence-corrected chi connectivity index (χ0v) is 13.0. The molecule has 1 aromatic carbocycles. The van der Waals surface area contributed by atoms with E-state index in [9.17, 15) is 14.0 Å². The van der Waals surface area contributed by atoms with Crippen LogP contribution in [-0.2, 0) is 4.74 Å². The molecule has 1 fully saturated rings. The number of nitrogens with one attached hydrogen (secondary N) is 1. The van der Waals surface area contributed by atoms with Gasteiger partial charge >= 0.3 is 6.09 Å². The molecule has 0 spiro atoms. The van der Waals surface area contributed by atoms with Crippen LogP contribution in [0.3, 0.4) is 0 Å². The van der Waals surface area contributed by atoms with Gasteiger partial charge in [0.15, 0.2) is 0 Å². The van der Waals surface area contributed by atoms with E-state index in [0.29, 0.717) is 32.5 Å². The van der Waals surface area contributed by atoms with E-state index in [0.717, 1.165) is 0 Å². The molecule has 1 aliphatic heterocycles. The summed E-state index contributed by atoms with van der Waals surface area (Å²) in [6.07, 6.45) is 0.734. The molecule has 0 aliphatic carbocycles. The Morgan fingerprint density at radius 1 is 1.41 bits per heavy atom. The maximum absolute atomic E-state index is 13.8. The van der Waals surface area contributed by atoms with Gasteiger partial charge in [0.2, 0.25) is 0 Å². The lowest BCUT2D eigenvalue weighted by atomic mass is 10.0. The number of alkyl carbamates (subject to hydrolysis) is 1. The number of ether oxygens (including phenoxy) is 1. The molecule has 1 aliphatic rings. The number of hydrogen-bond donors (Lipinski definition) is 1. The van der Waals surface area contributed by atoms with Gasteiger partial charge in [0.1, 0.15) is 5.82 Å². The number of nitrogens with zero attached hydrogens (tertiary/aromatic N) is 1. The lowest BCUT2D eigenvalue weighted by Crippen LogP contribution is -2.46. The third kappa shape index (κ3) is 3.88. The molecule has 0 atom stereocenters. The van der Waals surface area contributed by atoms with Gasteiger partial charge in [-0.05, 0) is 31.9 Å². The van der Waals surface area contributed by atoms with Gasteiger partial charge in [-0.2, -0.15) is 0 Å². The van der Waals surface area contributed by atoms with Crippen LogP contribution in [0.5, 0.6) is 0 Å². The second kappa shape index (κ2) is 7.45. The van der Waals surface area contributed by atoms with Crippen molar-refractivity contribution in [1.82, 2.24) is 10.2 Å². The summed E-state index contributed by atoms with van der Waals surface area (Å²) < 4.78 is 18.6. The van der Waals surface area contributed by atoms with E-state index in [1.54, 1.807) is 11.8 Å². The Balaban J connectivity index is 1.94. The number of likely N-dealkylation sites (tertiary alicyclic amines) is 1. The van der Waals surface area contributed by atoms with Crippen molar-refractivity contribution in [3.63, 3.8) is 0 Å². The molecule has 5 nitrogen and oxygen atoms in total. The molecule has 2 rings (SSSR count). The summed E-state index contributed by atoms with van der Waals surface area (Å²) in [5, 5.41) is 2.85. The molecular weight excluding hydrogens is 311 g/mol. The summed E-state index contributed by atoms with van der Waals surface area (Å²) in [5.41, 5.74) is -0.0963. The first-order valence-electron chi connectivity index (χ1n) is 7.19. The maximum atomic E-state index is 13.8. The zero-order chi connectivity index (χ0) is 16.1. The Kier molecular flexibility index (Phi) is 5.60. The largest absolute Gasteiger partial charge is 0.450 e. The fourth-order valence-electron chi connectivity index (χ4n) is 2.43. The van der Waals surface area contributed by atoms with Crippen LogP contribution in [0.15, 0.2) is 18.2 Å². The van der Waals surface area contributed by atoms with E-state index in [1.807, 2.05) is 0 Å². The zero-order valence-electron chi connectivity index (χ0n) is 12.3. The topological polar surface area (TPSA) is 58.6 Å². The Bertz CT molecular complexity index is 539. The third-order valence-corrected chi connectivity index (χ3v) is 3.87. The minimum absolute atomic E-state index is 0.0424. The fraction of sp³-hybridized carbons (Fsp3) is 0.467. The van der Waals surface area contributed by atoms with Crippen LogP contribution in [0.4, 0.5) is 9.18 Å². The molecule has 0 bridgehead atoms. The van der Waals surface area contributed by atoms with Gasteiger partial charge < -0.3 is 15.0 Å². The van der Waals surface area contributed by atoms with Crippen LogP contribution in [0.1, 0.15) is 30.1 Å². The predicted molar refractivity (Wildman–Crippen MR) is 80.5 cm³/mol. The van der Waals surface area contributed by atoms with Gasteiger partial charge in [0.25, 0.3) is 5.91 Å². The highest BCUT2D eigenvalue weighted by molar-refractivity contribution is 6.33. The normalized spacial score (nSPS) is 15.5. The molecule has 0 saturated carbocycles. The van der Waals surface area contributed by atoms with Gasteiger partial charge in [-0.3, -0.25) is 4.79 Å². The molecule has 0 aromatic heterocycles. The quantitative estimate of drug-likeness (QED) is 0.928. The first kappa shape index (κ1) is 16.5. The van der Waals surface area contributed by atoms with Crippen LogP contribution in [0.25, 0.3) is 0 Å². The van der Waals surface area contributed by atoms with E-state index in [2.05, 4.69) is 5.32 Å². The van der Waals surface area contributed by atoms with Crippen LogP contribution in [0, 0.1) is 5.82 Å². The second-order valence-corrected chi connectivity index (χ2v) is 5.44. The lowest BCUT2D eigenvalue weighted by molar-refractivity contribution is 0.0698.